The fourth-order valence-corrected chi connectivity index (χ4v) is 1.90. The Kier molecular flexibility index (Phi) is 3.22. The largest absolute Gasteiger partial charge is 0.416 e. The molecule has 3 nitrogen and oxygen atoms in total. The Balaban J connectivity index is 2.55. The number of aryl methyl sites for hydroxylation is 1. The van der Waals surface area contributed by atoms with Gasteiger partial charge in [0.25, 0.3) is 0 Å². The zero-order valence-electron chi connectivity index (χ0n) is 10.2. The fraction of sp³-hybridized carbons (Fsp3) is 0.250. The van der Waals surface area contributed by atoms with E-state index in [0.29, 0.717) is 22.1 Å². The zero-order chi connectivity index (χ0) is 14.4. The van der Waals surface area contributed by atoms with Crippen LogP contribution in [-0.4, -0.2) is 9.78 Å². The summed E-state index contributed by atoms with van der Waals surface area (Å²) in [6, 6.07) is 3.14. The molecule has 0 saturated carbocycles. The lowest BCUT2D eigenvalue weighted by molar-refractivity contribution is -0.137. The van der Waals surface area contributed by atoms with Gasteiger partial charge in [-0.15, -0.1) is 0 Å². The summed E-state index contributed by atoms with van der Waals surface area (Å²) in [7, 11) is 0. The maximum atomic E-state index is 12.6. The van der Waals surface area contributed by atoms with Crippen molar-refractivity contribution in [3.05, 3.63) is 40.2 Å². The lowest BCUT2D eigenvalue weighted by Gasteiger charge is -2.12. The highest BCUT2D eigenvalue weighted by atomic mass is 35.5. The molecule has 0 saturated heterocycles. The number of hydrogen-bond donors (Lipinski definition) is 1. The van der Waals surface area contributed by atoms with Crippen molar-refractivity contribution in [2.75, 3.05) is 5.73 Å². The van der Waals surface area contributed by atoms with E-state index in [1.807, 2.05) is 0 Å². The first kappa shape index (κ1) is 13.7. The standard InChI is InChI=1S/C12H11ClF3N3/c1-6-11(13)7(2)19(18-6)10-4-3-8(5-9(10)17)12(14,15)16/h3-5H,17H2,1-2H3. The van der Waals surface area contributed by atoms with Gasteiger partial charge in [0.05, 0.1) is 33.3 Å². The molecule has 19 heavy (non-hydrogen) atoms. The van der Waals surface area contributed by atoms with E-state index < -0.39 is 11.7 Å². The molecule has 2 N–H and O–H groups in total. The number of benzene rings is 1. The van der Waals surface area contributed by atoms with E-state index in [-0.39, 0.29) is 5.69 Å². The lowest BCUT2D eigenvalue weighted by Crippen LogP contribution is -2.09. The van der Waals surface area contributed by atoms with Crippen molar-refractivity contribution in [3.8, 4) is 5.69 Å². The Hall–Kier alpha value is -1.69. The second-order valence-electron chi connectivity index (χ2n) is 4.17. The minimum absolute atomic E-state index is 0.00269. The third kappa shape index (κ3) is 2.40. The van der Waals surface area contributed by atoms with Gasteiger partial charge in [0.1, 0.15) is 0 Å². The molecule has 0 aliphatic carbocycles. The SMILES string of the molecule is Cc1nn(-c2ccc(C(F)(F)F)cc2N)c(C)c1Cl. The average Bonchev–Trinajstić information content (AvgIpc) is 2.56. The number of halogens is 4. The fourth-order valence-electron chi connectivity index (χ4n) is 1.78. The molecule has 2 rings (SSSR count). The number of anilines is 1. The number of hydrogen-bond acceptors (Lipinski definition) is 2. The highest BCUT2D eigenvalue weighted by molar-refractivity contribution is 6.31. The molecule has 0 spiro atoms. The molecular weight excluding hydrogens is 279 g/mol. The summed E-state index contributed by atoms with van der Waals surface area (Å²) in [5.41, 5.74) is 6.48. The van der Waals surface area contributed by atoms with Crippen LogP contribution in [0.2, 0.25) is 5.02 Å². The van der Waals surface area contributed by atoms with Gasteiger partial charge in [0.15, 0.2) is 0 Å². The van der Waals surface area contributed by atoms with Crippen LogP contribution >= 0.6 is 11.6 Å². The van der Waals surface area contributed by atoms with Crippen molar-refractivity contribution in [3.63, 3.8) is 0 Å². The molecule has 1 heterocycles. The van der Waals surface area contributed by atoms with Crippen LogP contribution in [0.3, 0.4) is 0 Å². The Morgan fingerprint density at radius 3 is 2.32 bits per heavy atom. The molecule has 0 bridgehead atoms. The summed E-state index contributed by atoms with van der Waals surface area (Å²) in [6.45, 7) is 3.44. The van der Waals surface area contributed by atoms with Crippen LogP contribution in [0.4, 0.5) is 18.9 Å². The first-order chi connectivity index (χ1) is 8.71. The van der Waals surface area contributed by atoms with E-state index in [9.17, 15) is 13.2 Å². The number of nitrogens with two attached hydrogens (primary N) is 1. The van der Waals surface area contributed by atoms with Gasteiger partial charge in [-0.05, 0) is 32.0 Å². The van der Waals surface area contributed by atoms with E-state index >= 15 is 0 Å². The number of rotatable bonds is 1. The van der Waals surface area contributed by atoms with Crippen LogP contribution in [-0.2, 0) is 6.18 Å². The van der Waals surface area contributed by atoms with Gasteiger partial charge in [-0.25, -0.2) is 4.68 Å². The summed E-state index contributed by atoms with van der Waals surface area (Å²) in [6.07, 6.45) is -4.42. The minimum atomic E-state index is -4.42. The Labute approximate surface area is 112 Å². The monoisotopic (exact) mass is 289 g/mol. The van der Waals surface area contributed by atoms with Gasteiger partial charge in [-0.2, -0.15) is 18.3 Å². The second-order valence-corrected chi connectivity index (χ2v) is 4.55. The average molecular weight is 290 g/mol. The van der Waals surface area contributed by atoms with Crippen LogP contribution in [0.15, 0.2) is 18.2 Å². The van der Waals surface area contributed by atoms with Gasteiger partial charge >= 0.3 is 6.18 Å². The molecule has 102 valence electrons. The number of alkyl halides is 3. The summed E-state index contributed by atoms with van der Waals surface area (Å²) < 4.78 is 39.1. The molecule has 0 aliphatic heterocycles. The molecule has 0 aliphatic rings. The van der Waals surface area contributed by atoms with Crippen molar-refractivity contribution in [2.24, 2.45) is 0 Å². The maximum absolute atomic E-state index is 12.6. The Morgan fingerprint density at radius 2 is 1.89 bits per heavy atom. The van der Waals surface area contributed by atoms with E-state index in [2.05, 4.69) is 5.10 Å². The molecule has 1 aromatic heterocycles. The molecule has 0 amide bonds. The molecule has 1 aromatic carbocycles. The predicted octanol–water partition coefficient (Wildman–Crippen LogP) is 3.74. The third-order valence-electron chi connectivity index (χ3n) is 2.79. The minimum Gasteiger partial charge on any atom is -0.397 e. The molecule has 0 fully saturated rings. The number of nitrogens with zero attached hydrogens (tertiary/aromatic N) is 2. The predicted molar refractivity (Wildman–Crippen MR) is 67.5 cm³/mol. The van der Waals surface area contributed by atoms with Crippen LogP contribution in [0, 0.1) is 13.8 Å². The van der Waals surface area contributed by atoms with Gasteiger partial charge < -0.3 is 5.73 Å². The van der Waals surface area contributed by atoms with Crippen molar-refractivity contribution < 1.29 is 13.2 Å². The van der Waals surface area contributed by atoms with Gasteiger partial charge in [0, 0.05) is 0 Å². The van der Waals surface area contributed by atoms with Crippen molar-refractivity contribution in [2.45, 2.75) is 20.0 Å². The topological polar surface area (TPSA) is 43.8 Å². The van der Waals surface area contributed by atoms with Crippen LogP contribution in [0.25, 0.3) is 5.69 Å². The van der Waals surface area contributed by atoms with E-state index in [4.69, 9.17) is 17.3 Å². The summed E-state index contributed by atoms with van der Waals surface area (Å²) in [5.74, 6) is 0. The molecule has 0 atom stereocenters. The first-order valence-corrected chi connectivity index (χ1v) is 5.78. The van der Waals surface area contributed by atoms with Crippen molar-refractivity contribution >= 4 is 17.3 Å². The van der Waals surface area contributed by atoms with E-state index in [1.165, 1.54) is 10.7 Å². The molecule has 0 radical (unpaired) electrons. The van der Waals surface area contributed by atoms with Gasteiger partial charge in [-0.1, -0.05) is 11.6 Å². The summed E-state index contributed by atoms with van der Waals surface area (Å²) in [5, 5.41) is 4.63. The van der Waals surface area contributed by atoms with Crippen molar-refractivity contribution in [1.82, 2.24) is 9.78 Å². The molecule has 0 unspecified atom stereocenters. The number of aromatic nitrogens is 2. The van der Waals surface area contributed by atoms with Gasteiger partial charge in [0.2, 0.25) is 0 Å². The highest BCUT2D eigenvalue weighted by Crippen LogP contribution is 2.33. The van der Waals surface area contributed by atoms with Crippen LogP contribution < -0.4 is 5.73 Å². The van der Waals surface area contributed by atoms with E-state index in [1.54, 1.807) is 13.8 Å². The van der Waals surface area contributed by atoms with Gasteiger partial charge in [-0.3, -0.25) is 0 Å². The Bertz CT molecular complexity index is 632. The third-order valence-corrected chi connectivity index (χ3v) is 3.33. The van der Waals surface area contributed by atoms with Crippen LogP contribution in [0.1, 0.15) is 17.0 Å². The summed E-state index contributed by atoms with van der Waals surface area (Å²) in [4.78, 5) is 0. The molecule has 2 aromatic rings. The first-order valence-electron chi connectivity index (χ1n) is 5.40. The van der Waals surface area contributed by atoms with Crippen molar-refractivity contribution in [1.29, 1.82) is 0 Å². The van der Waals surface area contributed by atoms with E-state index in [0.717, 1.165) is 12.1 Å². The normalized spacial score (nSPS) is 11.9. The maximum Gasteiger partial charge on any atom is 0.416 e. The quantitative estimate of drug-likeness (QED) is 0.813. The molecule has 7 heteroatoms. The smallest absolute Gasteiger partial charge is 0.397 e. The second kappa shape index (κ2) is 4.45. The van der Waals surface area contributed by atoms with Crippen LogP contribution in [0.5, 0.6) is 0 Å². The lowest BCUT2D eigenvalue weighted by atomic mass is 10.1. The molecular formula is C12H11ClF3N3. The highest BCUT2D eigenvalue weighted by Gasteiger charge is 2.31. The Morgan fingerprint density at radius 1 is 1.26 bits per heavy atom. The zero-order valence-corrected chi connectivity index (χ0v) is 11.0. The summed E-state index contributed by atoms with van der Waals surface area (Å²) >= 11 is 6.00. The number of nitrogen functional groups attached to an aromatic ring is 1.